The van der Waals surface area contributed by atoms with Crippen LogP contribution in [0.2, 0.25) is 0 Å². The highest BCUT2D eigenvalue weighted by Crippen LogP contribution is 2.40. The van der Waals surface area contributed by atoms with Crippen molar-refractivity contribution in [1.29, 1.82) is 0 Å². The van der Waals surface area contributed by atoms with Crippen molar-refractivity contribution in [2.45, 2.75) is 13.5 Å². The van der Waals surface area contributed by atoms with E-state index in [0.29, 0.717) is 6.54 Å². The van der Waals surface area contributed by atoms with Crippen molar-refractivity contribution in [2.24, 2.45) is 0 Å². The van der Waals surface area contributed by atoms with E-state index >= 15 is 0 Å². The number of rotatable bonds is 3. The third-order valence-electron chi connectivity index (χ3n) is 4.62. The average molecular weight is 371 g/mol. The summed E-state index contributed by atoms with van der Waals surface area (Å²) in [6.07, 6.45) is 8.98. The zero-order valence-electron chi connectivity index (χ0n) is 15.1. The molecule has 4 heterocycles. The van der Waals surface area contributed by atoms with Crippen LogP contribution in [0.5, 0.6) is 0 Å². The Morgan fingerprint density at radius 1 is 1.11 bits per heavy atom. The summed E-state index contributed by atoms with van der Waals surface area (Å²) in [7, 11) is 0. The normalized spacial score (nSPS) is 12.4. The number of aromatic nitrogens is 4. The fourth-order valence-electron chi connectivity index (χ4n) is 3.48. The topological polar surface area (TPSA) is 87.5 Å². The van der Waals surface area contributed by atoms with Gasteiger partial charge in [0.1, 0.15) is 16.9 Å². The number of fused-ring (bicyclic) bond motifs is 5. The van der Waals surface area contributed by atoms with Gasteiger partial charge < -0.3 is 5.32 Å². The Balaban J connectivity index is 1.59. The number of anilines is 3. The van der Waals surface area contributed by atoms with E-state index in [-0.39, 0.29) is 5.91 Å². The summed E-state index contributed by atoms with van der Waals surface area (Å²) in [6, 6.07) is 9.61. The lowest BCUT2D eigenvalue weighted by Gasteiger charge is -2.31. The quantitative estimate of drug-likeness (QED) is 0.575. The molecule has 5 rings (SSSR count). The van der Waals surface area contributed by atoms with Crippen LogP contribution in [0.25, 0.3) is 16.8 Å². The first-order chi connectivity index (χ1) is 13.7. The largest absolute Gasteiger partial charge is 0.326 e. The van der Waals surface area contributed by atoms with Crippen LogP contribution < -0.4 is 15.8 Å². The maximum absolute atomic E-state index is 11.4. The Morgan fingerprint density at radius 2 is 1.96 bits per heavy atom. The molecule has 0 fully saturated rings. The lowest BCUT2D eigenvalue weighted by atomic mass is 10.0. The van der Waals surface area contributed by atoms with Crippen molar-refractivity contribution in [3.63, 3.8) is 0 Å². The first kappa shape index (κ1) is 16.2. The molecule has 0 aliphatic carbocycles. The summed E-state index contributed by atoms with van der Waals surface area (Å²) < 4.78 is 1.82. The van der Waals surface area contributed by atoms with Gasteiger partial charge in [-0.2, -0.15) is 5.10 Å². The first-order valence-corrected chi connectivity index (χ1v) is 8.86. The molecule has 1 aliphatic heterocycles. The van der Waals surface area contributed by atoms with Crippen LogP contribution in [0.15, 0.2) is 61.3 Å². The monoisotopic (exact) mass is 371 g/mol. The van der Waals surface area contributed by atoms with E-state index in [2.05, 4.69) is 25.7 Å². The first-order valence-electron chi connectivity index (χ1n) is 8.86. The van der Waals surface area contributed by atoms with Crippen molar-refractivity contribution in [1.82, 2.24) is 19.6 Å². The van der Waals surface area contributed by atoms with Gasteiger partial charge in [-0.1, -0.05) is 6.07 Å². The molecule has 2 N–H and O–H groups in total. The molecular formula is C20H17N7O. The van der Waals surface area contributed by atoms with E-state index in [0.717, 1.165) is 39.4 Å². The average Bonchev–Trinajstić information content (AvgIpc) is 3.08. The Hall–Kier alpha value is -3.94. The van der Waals surface area contributed by atoms with Crippen molar-refractivity contribution >= 4 is 28.5 Å². The van der Waals surface area contributed by atoms with Crippen molar-refractivity contribution < 1.29 is 4.79 Å². The maximum Gasteiger partial charge on any atom is 0.221 e. The van der Waals surface area contributed by atoms with Gasteiger partial charge in [0.2, 0.25) is 5.91 Å². The summed E-state index contributed by atoms with van der Waals surface area (Å²) in [5.41, 5.74) is 9.89. The number of carbonyl (C=O) groups is 1. The summed E-state index contributed by atoms with van der Waals surface area (Å²) in [6.45, 7) is 2.14. The van der Waals surface area contributed by atoms with Gasteiger partial charge in [-0.3, -0.25) is 25.2 Å². The van der Waals surface area contributed by atoms with Crippen LogP contribution in [0, 0.1) is 0 Å². The zero-order valence-corrected chi connectivity index (χ0v) is 15.1. The number of nitrogens with zero attached hydrogens (tertiary/aromatic N) is 5. The van der Waals surface area contributed by atoms with Gasteiger partial charge >= 0.3 is 0 Å². The predicted molar refractivity (Wildman–Crippen MR) is 107 cm³/mol. The number of carbonyl (C=O) groups excluding carboxylic acids is 1. The van der Waals surface area contributed by atoms with Gasteiger partial charge in [-0.25, -0.2) is 4.52 Å². The summed E-state index contributed by atoms with van der Waals surface area (Å²) >= 11 is 0. The Labute approximate surface area is 160 Å². The predicted octanol–water partition coefficient (Wildman–Crippen LogP) is 3.10. The van der Waals surface area contributed by atoms with E-state index in [1.54, 1.807) is 18.6 Å². The van der Waals surface area contributed by atoms with Gasteiger partial charge in [-0.15, -0.1) is 0 Å². The standard InChI is InChI=1S/C20H17N7O/c1-13(28)23-15-3-2-4-16(9-15)24-27-12-14-5-6-21-10-17(14)19-20(27)18-11-22-7-8-26(18)25-19/h2-11,24H,12H2,1H3,(H,23,28). The fourth-order valence-corrected chi connectivity index (χ4v) is 3.48. The fraction of sp³-hybridized carbons (Fsp3) is 0.100. The van der Waals surface area contributed by atoms with Crippen molar-refractivity contribution in [3.8, 4) is 11.3 Å². The molecule has 0 saturated heterocycles. The highest BCUT2D eigenvalue weighted by molar-refractivity contribution is 5.92. The van der Waals surface area contributed by atoms with Crippen LogP contribution >= 0.6 is 0 Å². The molecule has 0 radical (unpaired) electrons. The summed E-state index contributed by atoms with van der Waals surface area (Å²) in [5, 5.41) is 9.60. The van der Waals surface area contributed by atoms with Gasteiger partial charge in [0.05, 0.1) is 18.4 Å². The van der Waals surface area contributed by atoms with Crippen LogP contribution in [-0.4, -0.2) is 25.5 Å². The number of hydrazine groups is 1. The molecule has 0 spiro atoms. The highest BCUT2D eigenvalue weighted by atomic mass is 16.1. The van der Waals surface area contributed by atoms with Gasteiger partial charge in [0, 0.05) is 43.0 Å². The van der Waals surface area contributed by atoms with Crippen molar-refractivity contribution in [2.75, 3.05) is 15.8 Å². The number of amides is 1. The van der Waals surface area contributed by atoms with E-state index in [1.807, 2.05) is 47.2 Å². The van der Waals surface area contributed by atoms with E-state index in [1.165, 1.54) is 6.92 Å². The molecule has 8 nitrogen and oxygen atoms in total. The minimum Gasteiger partial charge on any atom is -0.326 e. The Bertz CT molecular complexity index is 1200. The van der Waals surface area contributed by atoms with Crippen LogP contribution in [0.3, 0.4) is 0 Å². The second-order valence-electron chi connectivity index (χ2n) is 6.60. The highest BCUT2D eigenvalue weighted by Gasteiger charge is 2.28. The van der Waals surface area contributed by atoms with Crippen molar-refractivity contribution in [3.05, 3.63) is 66.9 Å². The molecule has 28 heavy (non-hydrogen) atoms. The van der Waals surface area contributed by atoms with Gasteiger partial charge in [0.25, 0.3) is 0 Å². The molecule has 0 unspecified atom stereocenters. The zero-order chi connectivity index (χ0) is 19.1. The Kier molecular flexibility index (Phi) is 3.68. The molecule has 1 aliphatic rings. The third kappa shape index (κ3) is 2.71. The molecule has 138 valence electrons. The molecule has 1 aromatic carbocycles. The third-order valence-corrected chi connectivity index (χ3v) is 4.62. The van der Waals surface area contributed by atoms with E-state index in [4.69, 9.17) is 5.10 Å². The SMILES string of the molecule is CC(=O)Nc1cccc(NN2Cc3ccncc3-c3nn4ccncc4c32)c1. The minimum atomic E-state index is -0.104. The molecular weight excluding hydrogens is 354 g/mol. The summed E-state index contributed by atoms with van der Waals surface area (Å²) in [5.74, 6) is -0.104. The number of hydrogen-bond acceptors (Lipinski definition) is 6. The number of nitrogens with one attached hydrogen (secondary N) is 2. The molecule has 1 amide bonds. The molecule has 0 saturated carbocycles. The molecule has 4 aromatic rings. The van der Waals surface area contributed by atoms with E-state index in [9.17, 15) is 4.79 Å². The Morgan fingerprint density at radius 3 is 2.86 bits per heavy atom. The van der Waals surface area contributed by atoms with Crippen LogP contribution in [0.4, 0.5) is 17.1 Å². The molecule has 0 bridgehead atoms. The lowest BCUT2D eigenvalue weighted by molar-refractivity contribution is -0.114. The van der Waals surface area contributed by atoms with Gasteiger partial charge in [0.15, 0.2) is 0 Å². The lowest BCUT2D eigenvalue weighted by Crippen LogP contribution is -2.32. The van der Waals surface area contributed by atoms with E-state index < -0.39 is 0 Å². The summed E-state index contributed by atoms with van der Waals surface area (Å²) in [4.78, 5) is 19.9. The second-order valence-corrected chi connectivity index (χ2v) is 6.60. The number of hydrogen-bond donors (Lipinski definition) is 2. The smallest absolute Gasteiger partial charge is 0.221 e. The van der Waals surface area contributed by atoms with Crippen LogP contribution in [-0.2, 0) is 11.3 Å². The van der Waals surface area contributed by atoms with Crippen LogP contribution in [0.1, 0.15) is 12.5 Å². The van der Waals surface area contributed by atoms with Gasteiger partial charge in [-0.05, 0) is 29.8 Å². The second kappa shape index (κ2) is 6.34. The molecule has 0 atom stereocenters. The minimum absolute atomic E-state index is 0.104. The maximum atomic E-state index is 11.4. The molecule has 3 aromatic heterocycles. The molecule has 8 heteroatoms. The number of pyridine rings is 1. The number of benzene rings is 1.